The summed E-state index contributed by atoms with van der Waals surface area (Å²) < 4.78 is 0. The van der Waals surface area contributed by atoms with Crippen LogP contribution < -0.4 is 5.43 Å². The lowest BCUT2D eigenvalue weighted by atomic mass is 9.87. The summed E-state index contributed by atoms with van der Waals surface area (Å²) in [5, 5.41) is 12.5. The van der Waals surface area contributed by atoms with E-state index in [-0.39, 0.29) is 16.7 Å². The van der Waals surface area contributed by atoms with Gasteiger partial charge in [0.25, 0.3) is 17.5 Å². The van der Waals surface area contributed by atoms with Gasteiger partial charge in [-0.2, -0.15) is 0 Å². The van der Waals surface area contributed by atoms with Gasteiger partial charge in [-0.05, 0) is 30.5 Å². The summed E-state index contributed by atoms with van der Waals surface area (Å²) >= 11 is 0. The average molecular weight is 369 g/mol. The Hall–Kier alpha value is -3.22. The standard InChI is InChI=1S/C20H23N3O4/c1-14(20(2,3)4)22(21-18(24)15-10-6-5-7-11-15)19(25)16-12-8-9-13-17(16)23(26)27/h5-14H,1-4H3,(H,21,24). The van der Waals surface area contributed by atoms with Crippen LogP contribution in [0.15, 0.2) is 54.6 Å². The van der Waals surface area contributed by atoms with Crippen molar-refractivity contribution in [1.82, 2.24) is 10.4 Å². The molecule has 0 aliphatic heterocycles. The second kappa shape index (κ2) is 7.99. The molecule has 0 fully saturated rings. The third kappa shape index (κ3) is 4.69. The number of nitro benzene ring substituents is 1. The molecule has 1 N–H and O–H groups in total. The van der Waals surface area contributed by atoms with E-state index in [0.717, 1.165) is 0 Å². The Kier molecular flexibility index (Phi) is 5.95. The molecule has 2 amide bonds. The lowest BCUT2D eigenvalue weighted by Crippen LogP contribution is -2.55. The molecule has 0 saturated heterocycles. The molecular weight excluding hydrogens is 346 g/mol. The Morgan fingerprint density at radius 3 is 2.15 bits per heavy atom. The first-order valence-electron chi connectivity index (χ1n) is 8.56. The minimum absolute atomic E-state index is 0.0769. The molecule has 0 aliphatic rings. The highest BCUT2D eigenvalue weighted by Crippen LogP contribution is 2.27. The van der Waals surface area contributed by atoms with E-state index in [4.69, 9.17) is 0 Å². The number of nitro groups is 1. The van der Waals surface area contributed by atoms with Crippen LogP contribution in [0.25, 0.3) is 0 Å². The van der Waals surface area contributed by atoms with Crippen molar-refractivity contribution < 1.29 is 14.5 Å². The maximum Gasteiger partial charge on any atom is 0.282 e. The molecule has 0 radical (unpaired) electrons. The van der Waals surface area contributed by atoms with Gasteiger partial charge in [-0.3, -0.25) is 25.1 Å². The Bertz CT molecular complexity index is 844. The zero-order valence-electron chi connectivity index (χ0n) is 15.8. The van der Waals surface area contributed by atoms with Gasteiger partial charge in [-0.25, -0.2) is 5.01 Å². The van der Waals surface area contributed by atoms with E-state index in [1.165, 1.54) is 23.2 Å². The lowest BCUT2D eigenvalue weighted by Gasteiger charge is -2.37. The molecule has 1 atom stereocenters. The minimum atomic E-state index is -0.631. The van der Waals surface area contributed by atoms with Crippen molar-refractivity contribution in [2.45, 2.75) is 33.7 Å². The maximum absolute atomic E-state index is 13.1. The van der Waals surface area contributed by atoms with Crippen molar-refractivity contribution in [3.05, 3.63) is 75.8 Å². The van der Waals surface area contributed by atoms with Crippen LogP contribution in [0.5, 0.6) is 0 Å². The highest BCUT2D eigenvalue weighted by Gasteiger charge is 2.34. The molecule has 0 aliphatic carbocycles. The molecule has 0 aromatic heterocycles. The normalized spacial score (nSPS) is 12.1. The van der Waals surface area contributed by atoms with Crippen LogP contribution in [0, 0.1) is 15.5 Å². The van der Waals surface area contributed by atoms with Gasteiger partial charge in [0.05, 0.1) is 11.0 Å². The number of hydrogen-bond donors (Lipinski definition) is 1. The topological polar surface area (TPSA) is 92.6 Å². The lowest BCUT2D eigenvalue weighted by molar-refractivity contribution is -0.385. The van der Waals surface area contributed by atoms with Gasteiger partial charge in [0.15, 0.2) is 0 Å². The minimum Gasteiger partial charge on any atom is -0.267 e. The van der Waals surface area contributed by atoms with Crippen LogP contribution in [0.3, 0.4) is 0 Å². The Morgan fingerprint density at radius 2 is 1.59 bits per heavy atom. The van der Waals surface area contributed by atoms with Crippen LogP contribution in [-0.4, -0.2) is 27.8 Å². The average Bonchev–Trinajstić information content (AvgIpc) is 2.64. The van der Waals surface area contributed by atoms with E-state index in [0.29, 0.717) is 5.56 Å². The summed E-state index contributed by atoms with van der Waals surface area (Å²) in [7, 11) is 0. The van der Waals surface area contributed by atoms with Crippen molar-refractivity contribution in [2.24, 2.45) is 5.41 Å². The molecule has 2 aromatic carbocycles. The van der Waals surface area contributed by atoms with Crippen molar-refractivity contribution in [2.75, 3.05) is 0 Å². The molecule has 0 bridgehead atoms. The largest absolute Gasteiger partial charge is 0.282 e. The third-order valence-corrected chi connectivity index (χ3v) is 4.45. The summed E-state index contributed by atoms with van der Waals surface area (Å²) in [6, 6.07) is 13.8. The van der Waals surface area contributed by atoms with Crippen molar-refractivity contribution in [3.63, 3.8) is 0 Å². The SMILES string of the molecule is CC(N(NC(=O)c1ccccc1)C(=O)c1ccccc1[N+](=O)[O-])C(C)(C)C. The molecule has 0 saturated carbocycles. The fourth-order valence-corrected chi connectivity index (χ4v) is 2.42. The van der Waals surface area contributed by atoms with Gasteiger partial charge in [0.1, 0.15) is 5.56 Å². The fourth-order valence-electron chi connectivity index (χ4n) is 2.42. The van der Waals surface area contributed by atoms with Gasteiger partial charge < -0.3 is 0 Å². The van der Waals surface area contributed by atoms with Crippen molar-refractivity contribution in [3.8, 4) is 0 Å². The second-order valence-electron chi connectivity index (χ2n) is 7.30. The van der Waals surface area contributed by atoms with E-state index < -0.39 is 22.8 Å². The van der Waals surface area contributed by atoms with E-state index in [9.17, 15) is 19.7 Å². The van der Waals surface area contributed by atoms with Crippen LogP contribution in [0.4, 0.5) is 5.69 Å². The molecule has 27 heavy (non-hydrogen) atoms. The van der Waals surface area contributed by atoms with Gasteiger partial charge >= 0.3 is 0 Å². The van der Waals surface area contributed by atoms with Crippen molar-refractivity contribution in [1.29, 1.82) is 0 Å². The van der Waals surface area contributed by atoms with Crippen LogP contribution in [0.2, 0.25) is 0 Å². The Labute approximate surface area is 158 Å². The molecule has 7 heteroatoms. The summed E-state index contributed by atoms with van der Waals surface area (Å²) in [4.78, 5) is 36.4. The number of para-hydroxylation sites is 1. The number of carbonyl (C=O) groups is 2. The summed E-state index contributed by atoms with van der Waals surface area (Å²) in [5.74, 6) is -1.09. The first-order valence-corrected chi connectivity index (χ1v) is 8.56. The third-order valence-electron chi connectivity index (χ3n) is 4.45. The predicted molar refractivity (Wildman–Crippen MR) is 102 cm³/mol. The number of hydrazine groups is 1. The Morgan fingerprint density at radius 1 is 1.04 bits per heavy atom. The van der Waals surface area contributed by atoms with Gasteiger partial charge in [0, 0.05) is 11.6 Å². The van der Waals surface area contributed by atoms with Gasteiger partial charge in [-0.15, -0.1) is 0 Å². The second-order valence-corrected chi connectivity index (χ2v) is 7.30. The molecular formula is C20H23N3O4. The smallest absolute Gasteiger partial charge is 0.267 e. The monoisotopic (exact) mass is 369 g/mol. The van der Waals surface area contributed by atoms with Crippen LogP contribution in [0.1, 0.15) is 48.4 Å². The van der Waals surface area contributed by atoms with Crippen molar-refractivity contribution >= 4 is 17.5 Å². The molecule has 0 heterocycles. The number of hydrogen-bond acceptors (Lipinski definition) is 4. The molecule has 2 rings (SSSR count). The van der Waals surface area contributed by atoms with Gasteiger partial charge in [-0.1, -0.05) is 51.1 Å². The molecule has 7 nitrogen and oxygen atoms in total. The molecule has 2 aromatic rings. The zero-order valence-corrected chi connectivity index (χ0v) is 15.8. The number of nitrogens with one attached hydrogen (secondary N) is 1. The number of amides is 2. The summed E-state index contributed by atoms with van der Waals surface area (Å²) in [6.45, 7) is 7.56. The first kappa shape index (κ1) is 20.1. The van der Waals surface area contributed by atoms with Crippen LogP contribution in [-0.2, 0) is 0 Å². The number of rotatable bonds is 4. The fraction of sp³-hybridized carbons (Fsp3) is 0.300. The summed E-state index contributed by atoms with van der Waals surface area (Å²) in [6.07, 6.45) is 0. The maximum atomic E-state index is 13.1. The first-order chi connectivity index (χ1) is 12.6. The summed E-state index contributed by atoms with van der Waals surface area (Å²) in [5.41, 5.74) is 2.26. The number of benzene rings is 2. The number of carbonyl (C=O) groups excluding carboxylic acids is 2. The highest BCUT2D eigenvalue weighted by molar-refractivity contribution is 6.01. The molecule has 1 unspecified atom stereocenters. The molecule has 0 spiro atoms. The predicted octanol–water partition coefficient (Wildman–Crippen LogP) is 3.82. The van der Waals surface area contributed by atoms with E-state index in [1.807, 2.05) is 20.8 Å². The molecule has 142 valence electrons. The Balaban J connectivity index is 2.43. The quantitative estimate of drug-likeness (QED) is 0.655. The van der Waals surface area contributed by atoms with Crippen LogP contribution >= 0.6 is 0 Å². The van der Waals surface area contributed by atoms with E-state index in [2.05, 4.69) is 5.43 Å². The van der Waals surface area contributed by atoms with E-state index >= 15 is 0 Å². The van der Waals surface area contributed by atoms with Gasteiger partial charge in [0.2, 0.25) is 0 Å². The number of nitrogens with zero attached hydrogens (tertiary/aromatic N) is 2. The zero-order chi connectivity index (χ0) is 20.2. The van der Waals surface area contributed by atoms with E-state index in [1.54, 1.807) is 43.3 Å². The highest BCUT2D eigenvalue weighted by atomic mass is 16.6.